The molecule has 0 bridgehead atoms. The standard InChI is InChI=1S/C15H16ClN3O/c16-13-6-1-2-7-14(13)19-15(20)11-17-10-8-12-5-3-4-9-18-12/h1-7,9,17H,8,10-11H2,(H,19,20). The van der Waals surface area contributed by atoms with Gasteiger partial charge in [0.2, 0.25) is 5.91 Å². The van der Waals surface area contributed by atoms with E-state index in [0.717, 1.165) is 12.1 Å². The molecule has 0 aliphatic rings. The van der Waals surface area contributed by atoms with Crippen LogP contribution in [0.2, 0.25) is 5.02 Å². The molecule has 1 heterocycles. The molecule has 104 valence electrons. The Kier molecular flexibility index (Phi) is 5.53. The first-order chi connectivity index (χ1) is 9.75. The van der Waals surface area contributed by atoms with E-state index in [1.165, 1.54) is 0 Å². The van der Waals surface area contributed by atoms with Crippen molar-refractivity contribution in [3.05, 3.63) is 59.4 Å². The maximum absolute atomic E-state index is 11.7. The number of pyridine rings is 1. The average molecular weight is 290 g/mol. The number of hydrogen-bond donors (Lipinski definition) is 2. The van der Waals surface area contributed by atoms with E-state index in [2.05, 4.69) is 15.6 Å². The number of halogens is 1. The van der Waals surface area contributed by atoms with Crippen molar-refractivity contribution in [2.24, 2.45) is 0 Å². The topological polar surface area (TPSA) is 54.0 Å². The van der Waals surface area contributed by atoms with E-state index in [9.17, 15) is 4.79 Å². The summed E-state index contributed by atoms with van der Waals surface area (Å²) < 4.78 is 0. The minimum Gasteiger partial charge on any atom is -0.324 e. The van der Waals surface area contributed by atoms with Gasteiger partial charge < -0.3 is 10.6 Å². The van der Waals surface area contributed by atoms with Gasteiger partial charge in [0, 0.05) is 24.9 Å². The van der Waals surface area contributed by atoms with E-state index in [1.54, 1.807) is 18.3 Å². The van der Waals surface area contributed by atoms with Crippen LogP contribution in [0.5, 0.6) is 0 Å². The van der Waals surface area contributed by atoms with Gasteiger partial charge >= 0.3 is 0 Å². The van der Waals surface area contributed by atoms with Crippen molar-refractivity contribution < 1.29 is 4.79 Å². The fraction of sp³-hybridized carbons (Fsp3) is 0.200. The predicted molar refractivity (Wildman–Crippen MR) is 80.9 cm³/mol. The second-order valence-electron chi connectivity index (χ2n) is 4.28. The van der Waals surface area contributed by atoms with Gasteiger partial charge in [-0.25, -0.2) is 0 Å². The molecular weight excluding hydrogens is 274 g/mol. The molecule has 0 radical (unpaired) electrons. The van der Waals surface area contributed by atoms with E-state index in [-0.39, 0.29) is 12.5 Å². The summed E-state index contributed by atoms with van der Waals surface area (Å²) >= 11 is 5.97. The zero-order valence-electron chi connectivity index (χ0n) is 11.0. The van der Waals surface area contributed by atoms with Gasteiger partial charge in [-0.3, -0.25) is 9.78 Å². The zero-order valence-corrected chi connectivity index (χ0v) is 11.7. The Bertz CT molecular complexity index is 560. The molecule has 1 aromatic heterocycles. The number of para-hydroxylation sites is 1. The quantitative estimate of drug-likeness (QED) is 0.804. The third kappa shape index (κ3) is 4.64. The molecule has 0 fully saturated rings. The molecule has 2 rings (SSSR count). The maximum Gasteiger partial charge on any atom is 0.238 e. The Labute approximate surface area is 123 Å². The summed E-state index contributed by atoms with van der Waals surface area (Å²) in [5.41, 5.74) is 1.64. The normalized spacial score (nSPS) is 10.2. The van der Waals surface area contributed by atoms with Crippen molar-refractivity contribution in [1.82, 2.24) is 10.3 Å². The van der Waals surface area contributed by atoms with Crippen molar-refractivity contribution in [1.29, 1.82) is 0 Å². The molecule has 2 N–H and O–H groups in total. The summed E-state index contributed by atoms with van der Waals surface area (Å²) in [5.74, 6) is -0.112. The van der Waals surface area contributed by atoms with Gasteiger partial charge in [-0.2, -0.15) is 0 Å². The number of nitrogens with one attached hydrogen (secondary N) is 2. The van der Waals surface area contributed by atoms with Gasteiger partial charge in [-0.05, 0) is 24.3 Å². The van der Waals surface area contributed by atoms with E-state index in [1.807, 2.05) is 30.3 Å². The molecule has 4 nitrogen and oxygen atoms in total. The molecule has 0 atom stereocenters. The number of rotatable bonds is 6. The maximum atomic E-state index is 11.7. The van der Waals surface area contributed by atoms with Gasteiger partial charge in [0.25, 0.3) is 0 Å². The van der Waals surface area contributed by atoms with Crippen LogP contribution in [-0.4, -0.2) is 24.0 Å². The Morgan fingerprint density at radius 2 is 1.95 bits per heavy atom. The predicted octanol–water partition coefficient (Wildman–Crippen LogP) is 2.51. The molecule has 0 saturated carbocycles. The molecule has 1 aromatic carbocycles. The Balaban J connectivity index is 1.69. The Morgan fingerprint density at radius 3 is 2.70 bits per heavy atom. The van der Waals surface area contributed by atoms with Crippen LogP contribution >= 0.6 is 11.6 Å². The fourth-order valence-corrected chi connectivity index (χ4v) is 1.90. The van der Waals surface area contributed by atoms with E-state index in [0.29, 0.717) is 17.3 Å². The third-order valence-corrected chi connectivity index (χ3v) is 3.05. The van der Waals surface area contributed by atoms with Gasteiger partial charge in [-0.1, -0.05) is 29.8 Å². The Morgan fingerprint density at radius 1 is 1.15 bits per heavy atom. The number of hydrogen-bond acceptors (Lipinski definition) is 3. The smallest absolute Gasteiger partial charge is 0.238 e. The summed E-state index contributed by atoms with van der Waals surface area (Å²) in [6.45, 7) is 0.949. The number of aromatic nitrogens is 1. The number of amides is 1. The first-order valence-corrected chi connectivity index (χ1v) is 6.78. The number of carbonyl (C=O) groups is 1. The SMILES string of the molecule is O=C(CNCCc1ccccn1)Nc1ccccc1Cl. The third-order valence-electron chi connectivity index (χ3n) is 2.72. The molecule has 0 aliphatic carbocycles. The largest absolute Gasteiger partial charge is 0.324 e. The van der Waals surface area contributed by atoms with Gasteiger partial charge in [0.15, 0.2) is 0 Å². The average Bonchev–Trinajstić information content (AvgIpc) is 2.47. The van der Waals surface area contributed by atoms with Gasteiger partial charge in [0.05, 0.1) is 17.3 Å². The van der Waals surface area contributed by atoms with Crippen LogP contribution < -0.4 is 10.6 Å². The second-order valence-corrected chi connectivity index (χ2v) is 4.68. The molecule has 5 heteroatoms. The van der Waals surface area contributed by atoms with E-state index < -0.39 is 0 Å². The lowest BCUT2D eigenvalue weighted by atomic mass is 10.3. The zero-order chi connectivity index (χ0) is 14.2. The lowest BCUT2D eigenvalue weighted by Crippen LogP contribution is -2.29. The van der Waals surface area contributed by atoms with E-state index in [4.69, 9.17) is 11.6 Å². The van der Waals surface area contributed by atoms with Crippen LogP contribution in [0.25, 0.3) is 0 Å². The van der Waals surface area contributed by atoms with Crippen molar-refractivity contribution in [3.8, 4) is 0 Å². The van der Waals surface area contributed by atoms with Crippen molar-refractivity contribution in [3.63, 3.8) is 0 Å². The summed E-state index contributed by atoms with van der Waals surface area (Å²) in [4.78, 5) is 15.9. The molecule has 0 aliphatic heterocycles. The highest BCUT2D eigenvalue weighted by atomic mass is 35.5. The highest BCUT2D eigenvalue weighted by Crippen LogP contribution is 2.19. The Hall–Kier alpha value is -1.91. The number of carbonyl (C=O) groups excluding carboxylic acids is 1. The second kappa shape index (κ2) is 7.62. The molecule has 2 aromatic rings. The first kappa shape index (κ1) is 14.5. The molecule has 1 amide bonds. The van der Waals surface area contributed by atoms with Gasteiger partial charge in [0.1, 0.15) is 0 Å². The molecule has 20 heavy (non-hydrogen) atoms. The molecular formula is C15H16ClN3O. The van der Waals surface area contributed by atoms with Crippen LogP contribution in [-0.2, 0) is 11.2 Å². The summed E-state index contributed by atoms with van der Waals surface area (Å²) in [5, 5.41) is 6.37. The van der Waals surface area contributed by atoms with Crippen molar-refractivity contribution in [2.45, 2.75) is 6.42 Å². The molecule has 0 saturated heterocycles. The number of anilines is 1. The fourth-order valence-electron chi connectivity index (χ4n) is 1.72. The summed E-state index contributed by atoms with van der Waals surface area (Å²) in [7, 11) is 0. The molecule has 0 unspecified atom stereocenters. The monoisotopic (exact) mass is 289 g/mol. The van der Waals surface area contributed by atoms with Crippen LogP contribution in [0.4, 0.5) is 5.69 Å². The minimum absolute atomic E-state index is 0.112. The number of benzene rings is 1. The highest BCUT2D eigenvalue weighted by Gasteiger charge is 2.04. The molecule has 0 spiro atoms. The highest BCUT2D eigenvalue weighted by molar-refractivity contribution is 6.33. The summed E-state index contributed by atoms with van der Waals surface area (Å²) in [6.07, 6.45) is 2.56. The van der Waals surface area contributed by atoms with Crippen LogP contribution in [0.1, 0.15) is 5.69 Å². The van der Waals surface area contributed by atoms with E-state index >= 15 is 0 Å². The minimum atomic E-state index is -0.112. The van der Waals surface area contributed by atoms with Crippen LogP contribution in [0.3, 0.4) is 0 Å². The van der Waals surface area contributed by atoms with Crippen LogP contribution in [0.15, 0.2) is 48.7 Å². The lowest BCUT2D eigenvalue weighted by Gasteiger charge is -2.07. The van der Waals surface area contributed by atoms with Gasteiger partial charge in [-0.15, -0.1) is 0 Å². The number of nitrogens with zero attached hydrogens (tertiary/aromatic N) is 1. The van der Waals surface area contributed by atoms with Crippen molar-refractivity contribution in [2.75, 3.05) is 18.4 Å². The van der Waals surface area contributed by atoms with Crippen LogP contribution in [0, 0.1) is 0 Å². The first-order valence-electron chi connectivity index (χ1n) is 6.41. The van der Waals surface area contributed by atoms with Crippen molar-refractivity contribution >= 4 is 23.2 Å². The summed E-state index contributed by atoms with van der Waals surface area (Å²) in [6, 6.07) is 13.0. The lowest BCUT2D eigenvalue weighted by molar-refractivity contribution is -0.115.